The lowest BCUT2D eigenvalue weighted by molar-refractivity contribution is 0.377. The summed E-state index contributed by atoms with van der Waals surface area (Å²) in [4.78, 5) is 2.38. The summed E-state index contributed by atoms with van der Waals surface area (Å²) in [7, 11) is 0. The molecule has 0 spiro atoms. The second-order valence-corrected chi connectivity index (χ2v) is 4.25. The predicted octanol–water partition coefficient (Wildman–Crippen LogP) is 1.73. The van der Waals surface area contributed by atoms with E-state index in [1.54, 1.807) is 0 Å². The van der Waals surface area contributed by atoms with Gasteiger partial charge in [-0.3, -0.25) is 4.90 Å². The molecule has 1 atom stereocenters. The number of nitrogens with zero attached hydrogens (tertiary/aromatic N) is 1. The Morgan fingerprint density at radius 2 is 2.13 bits per heavy atom. The monoisotopic (exact) mass is 202 g/mol. The van der Waals surface area contributed by atoms with E-state index < -0.39 is 0 Å². The molecule has 2 heteroatoms. The summed E-state index contributed by atoms with van der Waals surface area (Å²) in [5.41, 5.74) is 8.29. The molecular formula is C13H18N2. The highest BCUT2D eigenvalue weighted by molar-refractivity contribution is 5.64. The van der Waals surface area contributed by atoms with Crippen LogP contribution >= 0.6 is 0 Å². The molecule has 2 N–H and O–H groups in total. The van der Waals surface area contributed by atoms with Gasteiger partial charge in [-0.15, -0.1) is 0 Å². The Labute approximate surface area is 91.4 Å². The van der Waals surface area contributed by atoms with Crippen LogP contribution in [0.2, 0.25) is 0 Å². The van der Waals surface area contributed by atoms with Crippen LogP contribution in [0.1, 0.15) is 12.0 Å². The minimum atomic E-state index is 0.355. The van der Waals surface area contributed by atoms with Crippen molar-refractivity contribution in [3.63, 3.8) is 0 Å². The van der Waals surface area contributed by atoms with Gasteiger partial charge in [0, 0.05) is 25.7 Å². The van der Waals surface area contributed by atoms with E-state index in [9.17, 15) is 0 Å². The van der Waals surface area contributed by atoms with Gasteiger partial charge in [-0.1, -0.05) is 36.9 Å². The first-order chi connectivity index (χ1) is 7.25. The fourth-order valence-corrected chi connectivity index (χ4v) is 2.04. The third kappa shape index (κ3) is 2.67. The van der Waals surface area contributed by atoms with Gasteiger partial charge >= 0.3 is 0 Å². The van der Waals surface area contributed by atoms with E-state index in [2.05, 4.69) is 35.7 Å². The van der Waals surface area contributed by atoms with Gasteiger partial charge in [-0.2, -0.15) is 0 Å². The van der Waals surface area contributed by atoms with Crippen molar-refractivity contribution in [3.8, 4) is 0 Å². The number of rotatable bonds is 3. The van der Waals surface area contributed by atoms with E-state index in [1.807, 2.05) is 6.07 Å². The number of likely N-dealkylation sites (tertiary alicyclic amines) is 1. The lowest BCUT2D eigenvalue weighted by atomic mass is 10.1. The second kappa shape index (κ2) is 4.60. The summed E-state index contributed by atoms with van der Waals surface area (Å²) in [5, 5.41) is 0. The Hall–Kier alpha value is -1.12. The van der Waals surface area contributed by atoms with E-state index in [1.165, 1.54) is 11.1 Å². The molecule has 0 amide bonds. The van der Waals surface area contributed by atoms with Gasteiger partial charge in [0.05, 0.1) is 0 Å². The second-order valence-electron chi connectivity index (χ2n) is 4.25. The molecule has 0 radical (unpaired) electrons. The van der Waals surface area contributed by atoms with Crippen LogP contribution in [0.3, 0.4) is 0 Å². The van der Waals surface area contributed by atoms with E-state index in [4.69, 9.17) is 5.73 Å². The molecule has 1 saturated heterocycles. The normalized spacial score (nSPS) is 21.8. The highest BCUT2D eigenvalue weighted by Crippen LogP contribution is 2.16. The molecule has 2 nitrogen and oxygen atoms in total. The molecule has 1 fully saturated rings. The maximum Gasteiger partial charge on any atom is 0.0234 e. The molecule has 15 heavy (non-hydrogen) atoms. The average Bonchev–Trinajstić information content (AvgIpc) is 2.65. The summed E-state index contributed by atoms with van der Waals surface area (Å²) < 4.78 is 0. The van der Waals surface area contributed by atoms with Crippen LogP contribution in [-0.2, 0) is 0 Å². The van der Waals surface area contributed by atoms with Crippen LogP contribution in [0.4, 0.5) is 0 Å². The van der Waals surface area contributed by atoms with Crippen molar-refractivity contribution in [1.29, 1.82) is 0 Å². The standard InChI is InChI=1S/C13H18N2/c1-11(12-5-3-2-4-6-12)9-15-8-7-13(14)10-15/h2-6,13H,1,7-10,14H2. The Morgan fingerprint density at radius 3 is 2.73 bits per heavy atom. The molecule has 0 aromatic heterocycles. The summed E-state index contributed by atoms with van der Waals surface area (Å²) in [6, 6.07) is 10.7. The van der Waals surface area contributed by atoms with Crippen molar-refractivity contribution in [3.05, 3.63) is 42.5 Å². The van der Waals surface area contributed by atoms with Crippen molar-refractivity contribution in [2.24, 2.45) is 5.73 Å². The smallest absolute Gasteiger partial charge is 0.0234 e. The van der Waals surface area contributed by atoms with Gasteiger partial charge in [0.25, 0.3) is 0 Å². The zero-order valence-electron chi connectivity index (χ0n) is 9.02. The molecule has 1 unspecified atom stereocenters. The maximum atomic E-state index is 5.87. The van der Waals surface area contributed by atoms with Crippen molar-refractivity contribution >= 4 is 5.57 Å². The van der Waals surface area contributed by atoms with Gasteiger partial charge < -0.3 is 5.73 Å². The topological polar surface area (TPSA) is 29.3 Å². The molecule has 1 heterocycles. The van der Waals surface area contributed by atoms with E-state index >= 15 is 0 Å². The Morgan fingerprint density at radius 1 is 1.40 bits per heavy atom. The van der Waals surface area contributed by atoms with Crippen molar-refractivity contribution in [2.45, 2.75) is 12.5 Å². The number of nitrogens with two attached hydrogens (primary N) is 1. The van der Waals surface area contributed by atoms with Gasteiger partial charge in [0.1, 0.15) is 0 Å². The highest BCUT2D eigenvalue weighted by Gasteiger charge is 2.19. The first kappa shape index (κ1) is 10.4. The Balaban J connectivity index is 1.93. The quantitative estimate of drug-likeness (QED) is 0.809. The Kier molecular flexibility index (Phi) is 3.19. The van der Waals surface area contributed by atoms with Crippen LogP contribution < -0.4 is 5.73 Å². The minimum Gasteiger partial charge on any atom is -0.326 e. The lowest BCUT2D eigenvalue weighted by Gasteiger charge is -2.16. The maximum absolute atomic E-state index is 5.87. The molecular weight excluding hydrogens is 184 g/mol. The van der Waals surface area contributed by atoms with Crippen molar-refractivity contribution in [1.82, 2.24) is 4.90 Å². The number of hydrogen-bond donors (Lipinski definition) is 1. The molecule has 1 aromatic rings. The fourth-order valence-electron chi connectivity index (χ4n) is 2.04. The number of hydrogen-bond acceptors (Lipinski definition) is 2. The van der Waals surface area contributed by atoms with Gasteiger partial charge in [-0.05, 0) is 17.6 Å². The zero-order chi connectivity index (χ0) is 10.7. The van der Waals surface area contributed by atoms with Gasteiger partial charge in [-0.25, -0.2) is 0 Å². The fraction of sp³-hybridized carbons (Fsp3) is 0.385. The first-order valence-corrected chi connectivity index (χ1v) is 5.47. The van der Waals surface area contributed by atoms with E-state index in [0.717, 1.165) is 26.1 Å². The summed E-state index contributed by atoms with van der Waals surface area (Å²) in [6.45, 7) is 7.18. The van der Waals surface area contributed by atoms with E-state index in [0.29, 0.717) is 6.04 Å². The highest BCUT2D eigenvalue weighted by atomic mass is 15.2. The third-order valence-electron chi connectivity index (χ3n) is 2.91. The minimum absolute atomic E-state index is 0.355. The summed E-state index contributed by atoms with van der Waals surface area (Å²) in [6.07, 6.45) is 1.11. The summed E-state index contributed by atoms with van der Waals surface area (Å²) >= 11 is 0. The molecule has 0 aliphatic carbocycles. The van der Waals surface area contributed by atoms with Gasteiger partial charge in [0.15, 0.2) is 0 Å². The molecule has 0 bridgehead atoms. The molecule has 1 aliphatic heterocycles. The molecule has 2 rings (SSSR count). The zero-order valence-corrected chi connectivity index (χ0v) is 9.02. The predicted molar refractivity (Wildman–Crippen MR) is 64.5 cm³/mol. The third-order valence-corrected chi connectivity index (χ3v) is 2.91. The van der Waals surface area contributed by atoms with Crippen LogP contribution in [-0.4, -0.2) is 30.6 Å². The molecule has 80 valence electrons. The van der Waals surface area contributed by atoms with Crippen LogP contribution in [0, 0.1) is 0 Å². The van der Waals surface area contributed by atoms with E-state index in [-0.39, 0.29) is 0 Å². The SMILES string of the molecule is C=C(CN1CCC(N)C1)c1ccccc1. The molecule has 0 saturated carbocycles. The van der Waals surface area contributed by atoms with Crippen molar-refractivity contribution < 1.29 is 0 Å². The lowest BCUT2D eigenvalue weighted by Crippen LogP contribution is -2.27. The first-order valence-electron chi connectivity index (χ1n) is 5.47. The average molecular weight is 202 g/mol. The Bertz CT molecular complexity index is 332. The van der Waals surface area contributed by atoms with Crippen molar-refractivity contribution in [2.75, 3.05) is 19.6 Å². The largest absolute Gasteiger partial charge is 0.326 e. The number of benzene rings is 1. The molecule has 1 aromatic carbocycles. The summed E-state index contributed by atoms with van der Waals surface area (Å²) in [5.74, 6) is 0. The van der Waals surface area contributed by atoms with Crippen LogP contribution in [0.15, 0.2) is 36.9 Å². The van der Waals surface area contributed by atoms with Crippen LogP contribution in [0.5, 0.6) is 0 Å². The van der Waals surface area contributed by atoms with Gasteiger partial charge in [0.2, 0.25) is 0 Å². The van der Waals surface area contributed by atoms with Crippen LogP contribution in [0.25, 0.3) is 5.57 Å². The molecule has 1 aliphatic rings.